The number of hydrogen-bond acceptors (Lipinski definition) is 5. The standard InChI is InChI=1S/C22H22N2O3S3/c1-28-18-6-4-16(5-7-18)19-8-9-20(25)24-13-15-11-17(22(19)24)14-23(12-15)30(26,27)21-3-2-10-29-21/h2-10,15,17H,11-14H2,1H3/t15-,17+/m0/s1. The Bertz CT molecular complexity index is 1230. The van der Waals surface area contributed by atoms with E-state index in [1.807, 2.05) is 16.9 Å². The summed E-state index contributed by atoms with van der Waals surface area (Å²) in [6.45, 7) is 1.45. The SMILES string of the molecule is CSc1ccc(-c2ccc(=O)n3c2[C@@H]2C[C@@H](CN(S(=O)(=O)c4cccs4)C2)C3)cc1. The zero-order valence-electron chi connectivity index (χ0n) is 16.5. The number of thioether (sulfide) groups is 1. The van der Waals surface area contributed by atoms with Gasteiger partial charge >= 0.3 is 0 Å². The molecule has 0 aliphatic carbocycles. The lowest BCUT2D eigenvalue weighted by Gasteiger charge is -2.42. The van der Waals surface area contributed by atoms with Gasteiger partial charge < -0.3 is 4.57 Å². The van der Waals surface area contributed by atoms with E-state index in [-0.39, 0.29) is 17.4 Å². The fourth-order valence-electron chi connectivity index (χ4n) is 4.72. The van der Waals surface area contributed by atoms with Crippen LogP contribution in [-0.2, 0) is 16.6 Å². The lowest BCUT2D eigenvalue weighted by atomic mass is 9.81. The van der Waals surface area contributed by atoms with E-state index in [9.17, 15) is 13.2 Å². The van der Waals surface area contributed by atoms with Crippen LogP contribution in [0.5, 0.6) is 0 Å². The Kier molecular flexibility index (Phi) is 5.13. The summed E-state index contributed by atoms with van der Waals surface area (Å²) in [5, 5.41) is 1.79. The molecule has 2 aliphatic heterocycles. The third-order valence-electron chi connectivity index (χ3n) is 6.05. The zero-order chi connectivity index (χ0) is 20.9. The minimum atomic E-state index is -3.50. The van der Waals surface area contributed by atoms with Crippen molar-refractivity contribution in [3.63, 3.8) is 0 Å². The molecule has 5 nitrogen and oxygen atoms in total. The summed E-state index contributed by atoms with van der Waals surface area (Å²) in [6, 6.07) is 15.3. The van der Waals surface area contributed by atoms with E-state index in [0.717, 1.165) is 23.2 Å². The predicted octanol–water partition coefficient (Wildman–Crippen LogP) is 4.11. The molecule has 0 spiro atoms. The van der Waals surface area contributed by atoms with E-state index < -0.39 is 10.0 Å². The summed E-state index contributed by atoms with van der Waals surface area (Å²) in [6.07, 6.45) is 2.96. The van der Waals surface area contributed by atoms with Crippen LogP contribution in [0.3, 0.4) is 0 Å². The molecule has 2 bridgehead atoms. The van der Waals surface area contributed by atoms with Crippen LogP contribution in [0.25, 0.3) is 11.1 Å². The molecule has 0 saturated carbocycles. The number of fused-ring (bicyclic) bond motifs is 4. The Labute approximate surface area is 184 Å². The van der Waals surface area contributed by atoms with E-state index in [1.54, 1.807) is 39.6 Å². The summed E-state index contributed by atoms with van der Waals surface area (Å²) >= 11 is 2.95. The van der Waals surface area contributed by atoms with Gasteiger partial charge in [0.2, 0.25) is 0 Å². The van der Waals surface area contributed by atoms with Crippen LogP contribution >= 0.6 is 23.1 Å². The van der Waals surface area contributed by atoms with Crippen molar-refractivity contribution in [2.45, 2.75) is 28.0 Å². The maximum Gasteiger partial charge on any atom is 0.252 e. The molecule has 1 saturated heterocycles. The van der Waals surface area contributed by atoms with Gasteiger partial charge in [-0.05, 0) is 53.8 Å². The Hall–Kier alpha value is -1.87. The van der Waals surface area contributed by atoms with E-state index in [4.69, 9.17) is 0 Å². The quantitative estimate of drug-likeness (QED) is 0.552. The van der Waals surface area contributed by atoms with Crippen molar-refractivity contribution in [1.82, 2.24) is 8.87 Å². The van der Waals surface area contributed by atoms with Crippen LogP contribution in [-0.4, -0.2) is 36.6 Å². The molecule has 8 heteroatoms. The maximum absolute atomic E-state index is 13.1. The monoisotopic (exact) mass is 458 g/mol. The fraction of sp³-hybridized carbons (Fsp3) is 0.318. The molecule has 1 aromatic carbocycles. The lowest BCUT2D eigenvalue weighted by molar-refractivity contribution is 0.187. The van der Waals surface area contributed by atoms with E-state index in [1.165, 1.54) is 16.2 Å². The first-order valence-corrected chi connectivity index (χ1v) is 13.4. The van der Waals surface area contributed by atoms with Gasteiger partial charge in [-0.15, -0.1) is 23.1 Å². The molecule has 156 valence electrons. The first kappa shape index (κ1) is 20.1. The summed E-state index contributed by atoms with van der Waals surface area (Å²) in [5.74, 6) is 0.161. The summed E-state index contributed by atoms with van der Waals surface area (Å²) < 4.78 is 30.2. The Morgan fingerprint density at radius 3 is 2.53 bits per heavy atom. The largest absolute Gasteiger partial charge is 0.311 e. The molecule has 2 aliphatic rings. The number of benzene rings is 1. The van der Waals surface area contributed by atoms with Crippen LogP contribution < -0.4 is 5.56 Å². The van der Waals surface area contributed by atoms with Crippen molar-refractivity contribution in [1.29, 1.82) is 0 Å². The van der Waals surface area contributed by atoms with Crippen molar-refractivity contribution in [2.24, 2.45) is 5.92 Å². The third kappa shape index (κ3) is 3.36. The van der Waals surface area contributed by atoms with Gasteiger partial charge in [-0.1, -0.05) is 18.2 Å². The lowest BCUT2D eigenvalue weighted by Crippen LogP contribution is -2.49. The van der Waals surface area contributed by atoms with Crippen LogP contribution in [0.1, 0.15) is 18.0 Å². The van der Waals surface area contributed by atoms with Gasteiger partial charge in [0.05, 0.1) is 0 Å². The van der Waals surface area contributed by atoms with E-state index in [2.05, 4.69) is 24.3 Å². The number of pyridine rings is 1. The van der Waals surface area contributed by atoms with Crippen LogP contribution in [0.2, 0.25) is 0 Å². The second kappa shape index (κ2) is 7.67. The number of thiophene rings is 1. The van der Waals surface area contributed by atoms with Gasteiger partial charge in [-0.3, -0.25) is 4.79 Å². The molecule has 3 aromatic rings. The molecular formula is C22H22N2O3S3. The summed E-state index contributed by atoms with van der Waals surface area (Å²) in [7, 11) is -3.50. The van der Waals surface area contributed by atoms with Crippen molar-refractivity contribution in [3.8, 4) is 11.1 Å². The highest BCUT2D eigenvalue weighted by Crippen LogP contribution is 2.41. The highest BCUT2D eigenvalue weighted by Gasteiger charge is 2.40. The summed E-state index contributed by atoms with van der Waals surface area (Å²) in [4.78, 5) is 13.9. The van der Waals surface area contributed by atoms with Crippen LogP contribution in [0.15, 0.2) is 67.8 Å². The Morgan fingerprint density at radius 2 is 1.83 bits per heavy atom. The molecule has 0 unspecified atom stereocenters. The highest BCUT2D eigenvalue weighted by atomic mass is 32.2. The molecule has 0 radical (unpaired) electrons. The zero-order valence-corrected chi connectivity index (χ0v) is 19.0. The maximum atomic E-state index is 13.1. The number of nitrogens with zero attached hydrogens (tertiary/aromatic N) is 2. The van der Waals surface area contributed by atoms with Crippen molar-refractivity contribution >= 4 is 33.1 Å². The molecule has 0 N–H and O–H groups in total. The highest BCUT2D eigenvalue weighted by molar-refractivity contribution is 7.98. The molecular weight excluding hydrogens is 436 g/mol. The summed E-state index contributed by atoms with van der Waals surface area (Å²) in [5.41, 5.74) is 3.06. The van der Waals surface area contributed by atoms with E-state index in [0.29, 0.717) is 23.8 Å². The number of hydrogen-bond donors (Lipinski definition) is 0. The molecule has 5 rings (SSSR count). The van der Waals surface area contributed by atoms with Gasteiger partial charge in [-0.25, -0.2) is 8.42 Å². The molecule has 0 amide bonds. The minimum absolute atomic E-state index is 0.00116. The first-order valence-electron chi connectivity index (χ1n) is 9.89. The normalized spacial score (nSPS) is 21.4. The van der Waals surface area contributed by atoms with Gasteiger partial charge in [0.15, 0.2) is 0 Å². The van der Waals surface area contributed by atoms with Gasteiger partial charge in [0, 0.05) is 47.8 Å². The van der Waals surface area contributed by atoms with Gasteiger partial charge in [0.25, 0.3) is 15.6 Å². The fourth-order valence-corrected chi connectivity index (χ4v) is 7.83. The predicted molar refractivity (Wildman–Crippen MR) is 122 cm³/mol. The molecule has 1 fully saturated rings. The van der Waals surface area contributed by atoms with Crippen molar-refractivity contribution in [3.05, 3.63) is 70.0 Å². The van der Waals surface area contributed by atoms with Crippen LogP contribution in [0, 0.1) is 5.92 Å². The Morgan fingerprint density at radius 1 is 1.03 bits per heavy atom. The van der Waals surface area contributed by atoms with E-state index >= 15 is 0 Å². The van der Waals surface area contributed by atoms with Crippen molar-refractivity contribution in [2.75, 3.05) is 19.3 Å². The smallest absolute Gasteiger partial charge is 0.252 e. The average Bonchev–Trinajstić information content (AvgIpc) is 3.30. The van der Waals surface area contributed by atoms with Gasteiger partial charge in [0.1, 0.15) is 4.21 Å². The topological polar surface area (TPSA) is 59.4 Å². The number of piperidine rings is 1. The number of sulfonamides is 1. The van der Waals surface area contributed by atoms with Crippen LogP contribution in [0.4, 0.5) is 0 Å². The number of rotatable bonds is 4. The first-order chi connectivity index (χ1) is 14.5. The average molecular weight is 459 g/mol. The minimum Gasteiger partial charge on any atom is -0.311 e. The number of aromatic nitrogens is 1. The molecule has 30 heavy (non-hydrogen) atoms. The van der Waals surface area contributed by atoms with Crippen molar-refractivity contribution < 1.29 is 8.42 Å². The van der Waals surface area contributed by atoms with Gasteiger partial charge in [-0.2, -0.15) is 4.31 Å². The third-order valence-corrected chi connectivity index (χ3v) is 10.00. The second-order valence-electron chi connectivity index (χ2n) is 7.86. The second-order valence-corrected chi connectivity index (χ2v) is 11.9. The Balaban J connectivity index is 1.57. The molecule has 4 heterocycles. The molecule has 2 atom stereocenters. The molecule has 2 aromatic heterocycles.